The maximum atomic E-state index is 5.43. The van der Waals surface area contributed by atoms with Crippen molar-refractivity contribution in [1.82, 2.24) is 14.5 Å². The number of hydrogen-bond donors (Lipinski definition) is 0. The van der Waals surface area contributed by atoms with Crippen LogP contribution >= 0.6 is 23.1 Å². The van der Waals surface area contributed by atoms with Crippen LogP contribution in [0, 0.1) is 0 Å². The summed E-state index contributed by atoms with van der Waals surface area (Å²) in [5.74, 6) is 1.04. The molecular formula is C50H33N3S2. The minimum atomic E-state index is 0.311. The number of allylic oxidation sites excluding steroid dienone is 7. The van der Waals surface area contributed by atoms with Gasteiger partial charge in [0, 0.05) is 52.4 Å². The predicted molar refractivity (Wildman–Crippen MR) is 234 cm³/mol. The van der Waals surface area contributed by atoms with Gasteiger partial charge in [0.2, 0.25) is 5.95 Å². The first kappa shape index (κ1) is 31.4. The molecule has 2 atom stereocenters. The van der Waals surface area contributed by atoms with Crippen molar-refractivity contribution in [2.24, 2.45) is 0 Å². The molecule has 4 heterocycles. The minimum Gasteiger partial charge on any atom is -0.278 e. The molecule has 0 saturated carbocycles. The van der Waals surface area contributed by atoms with Crippen LogP contribution in [0.3, 0.4) is 0 Å². The highest BCUT2D eigenvalue weighted by molar-refractivity contribution is 8.00. The lowest BCUT2D eigenvalue weighted by atomic mass is 9.84. The highest BCUT2D eigenvalue weighted by atomic mass is 32.2. The van der Waals surface area contributed by atoms with Crippen molar-refractivity contribution < 1.29 is 0 Å². The van der Waals surface area contributed by atoms with E-state index in [1.165, 1.54) is 69.2 Å². The molecule has 12 rings (SSSR count). The standard InChI is InChI=1S/C50H33N3S2/c1-3-12-30(13-4-1)32-23-27-45-39(28-32)36-19-11-18-34(48(36)54-45)33-22-25-42-40(29-33)46-43(26-24-37-35-16-8-10-21-44(35)55-49(37)46)53(42)50-51-41-20-9-7-17-38(41)47(52-50)31-14-5-2-6-15-31/h1-5,7-14,16-29,36,48H,6,15H2. The van der Waals surface area contributed by atoms with Crippen LogP contribution in [0.5, 0.6) is 0 Å². The monoisotopic (exact) mass is 739 g/mol. The molecule has 0 amide bonds. The van der Waals surface area contributed by atoms with E-state index in [4.69, 9.17) is 9.97 Å². The van der Waals surface area contributed by atoms with Gasteiger partial charge in [-0.15, -0.1) is 23.1 Å². The molecule has 1 aliphatic heterocycles. The number of rotatable bonds is 4. The Bertz CT molecular complexity index is 3190. The summed E-state index contributed by atoms with van der Waals surface area (Å²) < 4.78 is 4.94. The van der Waals surface area contributed by atoms with Crippen LogP contribution in [-0.4, -0.2) is 19.8 Å². The fourth-order valence-electron chi connectivity index (χ4n) is 9.09. The van der Waals surface area contributed by atoms with Gasteiger partial charge in [-0.05, 0) is 88.7 Å². The molecule has 0 spiro atoms. The molecule has 0 fully saturated rings. The third-order valence-electron chi connectivity index (χ3n) is 11.7. The van der Waals surface area contributed by atoms with Crippen molar-refractivity contribution in [3.63, 3.8) is 0 Å². The highest BCUT2D eigenvalue weighted by Gasteiger charge is 2.36. The van der Waals surface area contributed by atoms with E-state index < -0.39 is 0 Å². The smallest absolute Gasteiger partial charge is 0.235 e. The summed E-state index contributed by atoms with van der Waals surface area (Å²) >= 11 is 3.90. The number of hydrogen-bond acceptors (Lipinski definition) is 4. The van der Waals surface area contributed by atoms with Crippen LogP contribution in [0.15, 0.2) is 169 Å². The molecule has 0 radical (unpaired) electrons. The Balaban J connectivity index is 1.07. The number of benzene rings is 6. The molecule has 0 saturated heterocycles. The van der Waals surface area contributed by atoms with E-state index in [9.17, 15) is 0 Å². The Morgan fingerprint density at radius 1 is 0.636 bits per heavy atom. The molecule has 3 aliphatic rings. The third kappa shape index (κ3) is 4.83. The molecule has 3 aromatic heterocycles. The van der Waals surface area contributed by atoms with Crippen molar-refractivity contribution in [2.75, 3.05) is 0 Å². The van der Waals surface area contributed by atoms with E-state index in [0.29, 0.717) is 17.1 Å². The van der Waals surface area contributed by atoms with E-state index in [1.807, 2.05) is 23.1 Å². The second kappa shape index (κ2) is 12.3. The zero-order valence-electron chi connectivity index (χ0n) is 29.8. The molecular weight excluding hydrogens is 707 g/mol. The molecule has 2 unspecified atom stereocenters. The van der Waals surface area contributed by atoms with Crippen molar-refractivity contribution in [2.45, 2.75) is 28.9 Å². The summed E-state index contributed by atoms with van der Waals surface area (Å²) in [6, 6.07) is 46.7. The lowest BCUT2D eigenvalue weighted by Gasteiger charge is -2.23. The Hall–Kier alpha value is -6.01. The molecule has 5 heteroatoms. The Morgan fingerprint density at radius 3 is 2.38 bits per heavy atom. The molecule has 9 aromatic rings. The molecule has 260 valence electrons. The van der Waals surface area contributed by atoms with Gasteiger partial charge < -0.3 is 0 Å². The van der Waals surface area contributed by atoms with E-state index in [-0.39, 0.29) is 0 Å². The summed E-state index contributed by atoms with van der Waals surface area (Å²) in [7, 11) is 0. The first-order chi connectivity index (χ1) is 27.3. The quantitative estimate of drug-likeness (QED) is 0.180. The van der Waals surface area contributed by atoms with E-state index in [2.05, 4.69) is 168 Å². The number of thiophene rings is 1. The van der Waals surface area contributed by atoms with Crippen LogP contribution in [0.2, 0.25) is 0 Å². The first-order valence-corrected chi connectivity index (χ1v) is 20.7. The van der Waals surface area contributed by atoms with E-state index in [0.717, 1.165) is 40.5 Å². The third-order valence-corrected chi connectivity index (χ3v) is 14.3. The second-order valence-corrected chi connectivity index (χ2v) is 17.0. The van der Waals surface area contributed by atoms with Gasteiger partial charge in [-0.25, -0.2) is 9.97 Å². The summed E-state index contributed by atoms with van der Waals surface area (Å²) in [5, 5.41) is 6.52. The Kier molecular flexibility index (Phi) is 6.99. The van der Waals surface area contributed by atoms with Crippen LogP contribution < -0.4 is 0 Å². The molecule has 2 aliphatic carbocycles. The van der Waals surface area contributed by atoms with Gasteiger partial charge >= 0.3 is 0 Å². The van der Waals surface area contributed by atoms with Gasteiger partial charge in [0.25, 0.3) is 0 Å². The average Bonchev–Trinajstić information content (AvgIpc) is 3.93. The second-order valence-electron chi connectivity index (χ2n) is 14.7. The van der Waals surface area contributed by atoms with Gasteiger partial charge in [-0.1, -0.05) is 121 Å². The number of thioether (sulfide) groups is 1. The number of aromatic nitrogens is 3. The van der Waals surface area contributed by atoms with E-state index in [1.54, 1.807) is 0 Å². The van der Waals surface area contributed by atoms with Crippen molar-refractivity contribution in [3.8, 4) is 17.1 Å². The maximum Gasteiger partial charge on any atom is 0.235 e. The lowest BCUT2D eigenvalue weighted by molar-refractivity contribution is 0.893. The first-order valence-electron chi connectivity index (χ1n) is 19.0. The molecule has 3 nitrogen and oxygen atoms in total. The molecule has 6 aromatic carbocycles. The largest absolute Gasteiger partial charge is 0.278 e. The summed E-state index contributed by atoms with van der Waals surface area (Å²) in [5.41, 5.74) is 12.1. The lowest BCUT2D eigenvalue weighted by Crippen LogP contribution is -2.13. The fraction of sp³-hybridized carbons (Fsp3) is 0.0800. The van der Waals surface area contributed by atoms with Crippen LogP contribution in [-0.2, 0) is 0 Å². The topological polar surface area (TPSA) is 30.7 Å². The summed E-state index contributed by atoms with van der Waals surface area (Å²) in [4.78, 5) is 12.1. The minimum absolute atomic E-state index is 0.311. The van der Waals surface area contributed by atoms with E-state index >= 15 is 0 Å². The molecule has 55 heavy (non-hydrogen) atoms. The number of fused-ring (bicyclic) bond motifs is 11. The zero-order valence-corrected chi connectivity index (χ0v) is 31.4. The summed E-state index contributed by atoms with van der Waals surface area (Å²) in [6.45, 7) is 0. The number of nitrogens with zero attached hydrogens (tertiary/aromatic N) is 3. The fourth-order valence-corrected chi connectivity index (χ4v) is 11.8. The number of para-hydroxylation sites is 1. The van der Waals surface area contributed by atoms with Crippen molar-refractivity contribution in [3.05, 3.63) is 181 Å². The van der Waals surface area contributed by atoms with Crippen LogP contribution in [0.25, 0.3) is 81.1 Å². The SMILES string of the molecule is C1=CCCC(c2nc(-n3c4ccc(C5=CC=CC6c7cc(-c8ccccc8)ccc7SC56)cc4c4c5sc6ccccc6c5ccc43)nc3ccccc23)=C1. The van der Waals surface area contributed by atoms with Gasteiger partial charge in [0.1, 0.15) is 0 Å². The Morgan fingerprint density at radius 2 is 1.47 bits per heavy atom. The van der Waals surface area contributed by atoms with Crippen molar-refractivity contribution in [1.29, 1.82) is 0 Å². The van der Waals surface area contributed by atoms with Gasteiger partial charge in [-0.3, -0.25) is 4.57 Å². The molecule has 0 bridgehead atoms. The summed E-state index contributed by atoms with van der Waals surface area (Å²) in [6.07, 6.45) is 15.6. The zero-order chi connectivity index (χ0) is 36.0. The maximum absolute atomic E-state index is 5.43. The van der Waals surface area contributed by atoms with Crippen LogP contribution in [0.4, 0.5) is 0 Å². The molecule has 0 N–H and O–H groups in total. The average molecular weight is 740 g/mol. The van der Waals surface area contributed by atoms with Gasteiger partial charge in [0.15, 0.2) is 0 Å². The normalized spacial score (nSPS) is 17.7. The van der Waals surface area contributed by atoms with Gasteiger partial charge in [0.05, 0.1) is 22.2 Å². The Labute approximate surface area is 326 Å². The van der Waals surface area contributed by atoms with Gasteiger partial charge in [-0.2, -0.15) is 0 Å². The highest BCUT2D eigenvalue weighted by Crippen LogP contribution is 2.54. The van der Waals surface area contributed by atoms with Crippen LogP contribution in [0.1, 0.15) is 35.6 Å². The predicted octanol–water partition coefficient (Wildman–Crippen LogP) is 13.7. The van der Waals surface area contributed by atoms with Crippen molar-refractivity contribution >= 4 is 87.1 Å².